The number of aliphatic hydroxyl groups is 1. The molecule has 4 nitrogen and oxygen atoms in total. The molecule has 1 aromatic carbocycles. The van der Waals surface area contributed by atoms with E-state index in [1.807, 2.05) is 25.1 Å². The summed E-state index contributed by atoms with van der Waals surface area (Å²) in [7, 11) is 1.38. The first-order valence-corrected chi connectivity index (χ1v) is 5.72. The number of hydrogen-bond acceptors (Lipinski definition) is 4. The zero-order valence-corrected chi connectivity index (χ0v) is 10.3. The molecule has 0 bridgehead atoms. The van der Waals surface area contributed by atoms with Crippen molar-refractivity contribution in [2.75, 3.05) is 26.8 Å². The molecule has 0 aliphatic heterocycles. The van der Waals surface area contributed by atoms with E-state index < -0.39 is 0 Å². The van der Waals surface area contributed by atoms with Crippen molar-refractivity contribution in [3.8, 4) is 0 Å². The van der Waals surface area contributed by atoms with Crippen LogP contribution in [0.3, 0.4) is 0 Å². The number of esters is 1. The first-order valence-electron chi connectivity index (χ1n) is 5.72. The SMILES string of the molecule is CCN(CCO)Cc1ccccc1C(=O)OC. The van der Waals surface area contributed by atoms with Crippen molar-refractivity contribution in [2.24, 2.45) is 0 Å². The summed E-state index contributed by atoms with van der Waals surface area (Å²) >= 11 is 0. The molecule has 0 saturated carbocycles. The van der Waals surface area contributed by atoms with Gasteiger partial charge in [0.05, 0.1) is 19.3 Å². The van der Waals surface area contributed by atoms with Crippen LogP contribution in [0.5, 0.6) is 0 Å². The lowest BCUT2D eigenvalue weighted by Crippen LogP contribution is -2.27. The van der Waals surface area contributed by atoms with E-state index in [1.165, 1.54) is 7.11 Å². The van der Waals surface area contributed by atoms with Gasteiger partial charge in [-0.25, -0.2) is 4.79 Å². The lowest BCUT2D eigenvalue weighted by molar-refractivity contribution is 0.0598. The lowest BCUT2D eigenvalue weighted by Gasteiger charge is -2.20. The van der Waals surface area contributed by atoms with E-state index >= 15 is 0 Å². The molecule has 0 atom stereocenters. The van der Waals surface area contributed by atoms with E-state index in [2.05, 4.69) is 4.90 Å². The third-order valence-electron chi connectivity index (χ3n) is 2.68. The van der Waals surface area contributed by atoms with Gasteiger partial charge in [0.1, 0.15) is 0 Å². The number of benzene rings is 1. The fraction of sp³-hybridized carbons (Fsp3) is 0.462. The second-order valence-corrected chi connectivity index (χ2v) is 3.74. The molecular weight excluding hydrogens is 218 g/mol. The second-order valence-electron chi connectivity index (χ2n) is 3.74. The van der Waals surface area contributed by atoms with Gasteiger partial charge in [0.25, 0.3) is 0 Å². The van der Waals surface area contributed by atoms with Gasteiger partial charge >= 0.3 is 5.97 Å². The molecule has 1 N–H and O–H groups in total. The maximum absolute atomic E-state index is 11.6. The van der Waals surface area contributed by atoms with Crippen LogP contribution in [0.4, 0.5) is 0 Å². The van der Waals surface area contributed by atoms with Crippen molar-refractivity contribution in [2.45, 2.75) is 13.5 Å². The number of carbonyl (C=O) groups excluding carboxylic acids is 1. The molecule has 0 spiro atoms. The fourth-order valence-electron chi connectivity index (χ4n) is 1.70. The minimum absolute atomic E-state index is 0.119. The molecule has 1 rings (SSSR count). The number of ether oxygens (including phenoxy) is 1. The first-order chi connectivity index (χ1) is 8.22. The Labute approximate surface area is 102 Å². The Morgan fingerprint density at radius 3 is 2.71 bits per heavy atom. The van der Waals surface area contributed by atoms with Gasteiger partial charge in [-0.1, -0.05) is 25.1 Å². The Bertz CT molecular complexity index is 365. The number of carbonyl (C=O) groups is 1. The van der Waals surface area contributed by atoms with Gasteiger partial charge in [-0.3, -0.25) is 4.90 Å². The highest BCUT2D eigenvalue weighted by Crippen LogP contribution is 2.12. The van der Waals surface area contributed by atoms with Crippen LogP contribution in [0.1, 0.15) is 22.8 Å². The van der Waals surface area contributed by atoms with Gasteiger partial charge < -0.3 is 9.84 Å². The Kier molecular flexibility index (Phi) is 5.66. The number of aliphatic hydroxyl groups excluding tert-OH is 1. The zero-order valence-electron chi connectivity index (χ0n) is 10.3. The van der Waals surface area contributed by atoms with Gasteiger partial charge in [-0.2, -0.15) is 0 Å². The Hall–Kier alpha value is -1.39. The van der Waals surface area contributed by atoms with Crippen molar-refractivity contribution in [1.82, 2.24) is 4.90 Å². The van der Waals surface area contributed by atoms with Crippen LogP contribution in [0.15, 0.2) is 24.3 Å². The summed E-state index contributed by atoms with van der Waals surface area (Å²) in [5, 5.41) is 8.94. The molecule has 0 aliphatic rings. The molecule has 4 heteroatoms. The predicted molar refractivity (Wildman–Crippen MR) is 65.8 cm³/mol. The molecule has 0 unspecified atom stereocenters. The number of likely N-dealkylation sites (N-methyl/N-ethyl adjacent to an activating group) is 1. The fourth-order valence-corrected chi connectivity index (χ4v) is 1.70. The summed E-state index contributed by atoms with van der Waals surface area (Å²) in [6.07, 6.45) is 0. The number of nitrogens with zero attached hydrogens (tertiary/aromatic N) is 1. The van der Waals surface area contributed by atoms with Gasteiger partial charge in [0, 0.05) is 13.1 Å². The van der Waals surface area contributed by atoms with Gasteiger partial charge in [0.15, 0.2) is 0 Å². The Balaban J connectivity index is 2.85. The highest BCUT2D eigenvalue weighted by molar-refractivity contribution is 5.90. The summed E-state index contributed by atoms with van der Waals surface area (Å²) < 4.78 is 4.75. The van der Waals surface area contributed by atoms with Crippen LogP contribution < -0.4 is 0 Å². The summed E-state index contributed by atoms with van der Waals surface area (Å²) in [4.78, 5) is 13.6. The zero-order chi connectivity index (χ0) is 12.7. The maximum Gasteiger partial charge on any atom is 0.338 e. The highest BCUT2D eigenvalue weighted by atomic mass is 16.5. The maximum atomic E-state index is 11.6. The van der Waals surface area contributed by atoms with Crippen LogP contribution >= 0.6 is 0 Å². The van der Waals surface area contributed by atoms with Gasteiger partial charge in [0.2, 0.25) is 0 Å². The average molecular weight is 237 g/mol. The van der Waals surface area contributed by atoms with Crippen molar-refractivity contribution >= 4 is 5.97 Å². The van der Waals surface area contributed by atoms with Crippen LogP contribution in [0.25, 0.3) is 0 Å². The van der Waals surface area contributed by atoms with E-state index in [1.54, 1.807) is 6.07 Å². The standard InChI is InChI=1S/C13H19NO3/c1-3-14(8-9-15)10-11-6-4-5-7-12(11)13(16)17-2/h4-7,15H,3,8-10H2,1-2H3. The summed E-state index contributed by atoms with van der Waals surface area (Å²) in [5.41, 5.74) is 1.51. The first kappa shape index (κ1) is 13.7. The smallest absolute Gasteiger partial charge is 0.338 e. The molecule has 0 amide bonds. The normalized spacial score (nSPS) is 10.6. The largest absolute Gasteiger partial charge is 0.465 e. The van der Waals surface area contributed by atoms with E-state index in [0.717, 1.165) is 12.1 Å². The van der Waals surface area contributed by atoms with Crippen LogP contribution in [-0.4, -0.2) is 42.8 Å². The molecule has 0 heterocycles. The average Bonchev–Trinajstić information content (AvgIpc) is 2.38. The summed E-state index contributed by atoms with van der Waals surface area (Å²) in [6, 6.07) is 7.38. The highest BCUT2D eigenvalue weighted by Gasteiger charge is 2.12. The van der Waals surface area contributed by atoms with Gasteiger partial charge in [-0.15, -0.1) is 0 Å². The molecule has 0 saturated heterocycles. The molecule has 0 fully saturated rings. The van der Waals surface area contributed by atoms with Crippen molar-refractivity contribution in [1.29, 1.82) is 0 Å². The van der Waals surface area contributed by atoms with E-state index in [4.69, 9.17) is 9.84 Å². The number of rotatable bonds is 6. The predicted octanol–water partition coefficient (Wildman–Crippen LogP) is 1.29. The minimum Gasteiger partial charge on any atom is -0.465 e. The molecule has 17 heavy (non-hydrogen) atoms. The topological polar surface area (TPSA) is 49.8 Å². The van der Waals surface area contributed by atoms with E-state index in [9.17, 15) is 4.79 Å². The van der Waals surface area contributed by atoms with Crippen LogP contribution in [0, 0.1) is 0 Å². The molecular formula is C13H19NO3. The Morgan fingerprint density at radius 1 is 1.41 bits per heavy atom. The number of hydrogen-bond donors (Lipinski definition) is 1. The van der Waals surface area contributed by atoms with E-state index in [0.29, 0.717) is 18.7 Å². The molecule has 1 aromatic rings. The minimum atomic E-state index is -0.319. The molecule has 0 radical (unpaired) electrons. The third-order valence-corrected chi connectivity index (χ3v) is 2.68. The quantitative estimate of drug-likeness (QED) is 0.757. The van der Waals surface area contributed by atoms with Crippen molar-refractivity contribution < 1.29 is 14.6 Å². The molecule has 94 valence electrons. The Morgan fingerprint density at radius 2 is 2.12 bits per heavy atom. The molecule has 0 aromatic heterocycles. The van der Waals surface area contributed by atoms with Crippen molar-refractivity contribution in [3.63, 3.8) is 0 Å². The van der Waals surface area contributed by atoms with Crippen LogP contribution in [-0.2, 0) is 11.3 Å². The summed E-state index contributed by atoms with van der Waals surface area (Å²) in [5.74, 6) is -0.319. The monoisotopic (exact) mass is 237 g/mol. The van der Waals surface area contributed by atoms with Crippen LogP contribution in [0.2, 0.25) is 0 Å². The number of methoxy groups -OCH3 is 1. The molecule has 0 aliphatic carbocycles. The second kappa shape index (κ2) is 7.04. The van der Waals surface area contributed by atoms with E-state index in [-0.39, 0.29) is 12.6 Å². The van der Waals surface area contributed by atoms with Crippen molar-refractivity contribution in [3.05, 3.63) is 35.4 Å². The third kappa shape index (κ3) is 3.84. The summed E-state index contributed by atoms with van der Waals surface area (Å²) in [6.45, 7) is 4.22. The van der Waals surface area contributed by atoms with Gasteiger partial charge in [-0.05, 0) is 18.2 Å². The lowest BCUT2D eigenvalue weighted by atomic mass is 10.1.